The molecule has 1 aliphatic heterocycles. The maximum absolute atomic E-state index is 12.8. The largest absolute Gasteiger partial charge is 0.361 e. The summed E-state index contributed by atoms with van der Waals surface area (Å²) in [5.41, 5.74) is 2.09. The number of hydrogen-bond donors (Lipinski definition) is 1. The molecule has 0 bridgehead atoms. The number of rotatable bonds is 3. The first-order valence-corrected chi connectivity index (χ1v) is 8.10. The van der Waals surface area contributed by atoms with Crippen LogP contribution in [-0.4, -0.2) is 35.0 Å². The first kappa shape index (κ1) is 16.5. The molecule has 24 heavy (non-hydrogen) atoms. The molecule has 2 heterocycles. The standard InChI is InChI=1S/C17H18ClN3O3/c1-10-13(11(2)24-20-10)9-15(22)21-8-7-19-17(23)16(21)12-5-3-4-6-14(12)18/h3-6,16H,7-9H2,1-2H3,(H,19,23). The number of nitrogens with zero attached hydrogens (tertiary/aromatic N) is 2. The van der Waals surface area contributed by atoms with Crippen LogP contribution in [0.2, 0.25) is 5.02 Å². The van der Waals surface area contributed by atoms with Crippen LogP contribution in [0.25, 0.3) is 0 Å². The summed E-state index contributed by atoms with van der Waals surface area (Å²) >= 11 is 6.24. The fraction of sp³-hybridized carbons (Fsp3) is 0.353. The molecule has 1 aromatic heterocycles. The molecule has 7 heteroatoms. The molecule has 1 fully saturated rings. The summed E-state index contributed by atoms with van der Waals surface area (Å²) in [4.78, 5) is 26.8. The minimum absolute atomic E-state index is 0.148. The number of hydrogen-bond acceptors (Lipinski definition) is 4. The maximum Gasteiger partial charge on any atom is 0.247 e. The van der Waals surface area contributed by atoms with Crippen molar-refractivity contribution in [2.24, 2.45) is 0 Å². The van der Waals surface area contributed by atoms with Crippen molar-refractivity contribution >= 4 is 23.4 Å². The number of aryl methyl sites for hydroxylation is 2. The lowest BCUT2D eigenvalue weighted by atomic mass is 10.0. The second kappa shape index (κ2) is 6.65. The smallest absolute Gasteiger partial charge is 0.247 e. The van der Waals surface area contributed by atoms with Crippen LogP contribution >= 0.6 is 11.6 Å². The summed E-state index contributed by atoms with van der Waals surface area (Å²) in [5, 5.41) is 7.14. The van der Waals surface area contributed by atoms with E-state index in [0.717, 1.165) is 5.56 Å². The summed E-state index contributed by atoms with van der Waals surface area (Å²) in [5.74, 6) is 0.252. The monoisotopic (exact) mass is 347 g/mol. The van der Waals surface area contributed by atoms with Crippen LogP contribution in [0.5, 0.6) is 0 Å². The molecule has 1 saturated heterocycles. The van der Waals surface area contributed by atoms with Gasteiger partial charge in [-0.05, 0) is 19.9 Å². The van der Waals surface area contributed by atoms with Gasteiger partial charge in [0.15, 0.2) is 0 Å². The number of halogens is 1. The van der Waals surface area contributed by atoms with Crippen molar-refractivity contribution < 1.29 is 14.1 Å². The molecule has 1 N–H and O–H groups in total. The van der Waals surface area contributed by atoms with Crippen LogP contribution < -0.4 is 5.32 Å². The van der Waals surface area contributed by atoms with E-state index in [4.69, 9.17) is 16.1 Å². The average Bonchev–Trinajstić information content (AvgIpc) is 2.87. The maximum atomic E-state index is 12.8. The van der Waals surface area contributed by atoms with Crippen molar-refractivity contribution in [1.82, 2.24) is 15.4 Å². The van der Waals surface area contributed by atoms with Crippen LogP contribution in [0.4, 0.5) is 0 Å². The third-order valence-electron chi connectivity index (χ3n) is 4.24. The Morgan fingerprint density at radius 1 is 1.42 bits per heavy atom. The van der Waals surface area contributed by atoms with E-state index in [0.29, 0.717) is 35.1 Å². The minimum Gasteiger partial charge on any atom is -0.361 e. The van der Waals surface area contributed by atoms with E-state index >= 15 is 0 Å². The van der Waals surface area contributed by atoms with E-state index in [1.165, 1.54) is 0 Å². The van der Waals surface area contributed by atoms with Gasteiger partial charge >= 0.3 is 0 Å². The minimum atomic E-state index is -0.722. The highest BCUT2D eigenvalue weighted by Gasteiger charge is 2.35. The number of piperazine rings is 1. The van der Waals surface area contributed by atoms with Gasteiger partial charge in [0.05, 0.1) is 12.1 Å². The Kier molecular flexibility index (Phi) is 4.57. The molecular formula is C17H18ClN3O3. The molecule has 1 aliphatic rings. The molecule has 0 saturated carbocycles. The van der Waals surface area contributed by atoms with E-state index in [1.54, 1.807) is 43.0 Å². The molecule has 6 nitrogen and oxygen atoms in total. The summed E-state index contributed by atoms with van der Waals surface area (Å²) < 4.78 is 5.11. The van der Waals surface area contributed by atoms with Gasteiger partial charge in [0.2, 0.25) is 11.8 Å². The molecule has 126 valence electrons. The van der Waals surface area contributed by atoms with Crippen LogP contribution in [0.1, 0.15) is 28.6 Å². The van der Waals surface area contributed by atoms with Gasteiger partial charge in [-0.1, -0.05) is 35.0 Å². The number of amides is 2. The van der Waals surface area contributed by atoms with Crippen LogP contribution in [0.3, 0.4) is 0 Å². The van der Waals surface area contributed by atoms with Gasteiger partial charge < -0.3 is 14.7 Å². The molecule has 2 aromatic rings. The first-order chi connectivity index (χ1) is 11.5. The second-order valence-corrected chi connectivity index (χ2v) is 6.19. The van der Waals surface area contributed by atoms with E-state index < -0.39 is 6.04 Å². The van der Waals surface area contributed by atoms with Crippen molar-refractivity contribution in [3.8, 4) is 0 Å². The third kappa shape index (κ3) is 3.01. The van der Waals surface area contributed by atoms with Crippen LogP contribution in [-0.2, 0) is 16.0 Å². The molecule has 1 aromatic carbocycles. The molecule has 0 spiro atoms. The Balaban J connectivity index is 1.91. The Hall–Kier alpha value is -2.34. The predicted octanol–water partition coefficient (Wildman–Crippen LogP) is 2.19. The van der Waals surface area contributed by atoms with Crippen molar-refractivity contribution in [2.45, 2.75) is 26.3 Å². The number of aromatic nitrogens is 1. The lowest BCUT2D eigenvalue weighted by molar-refractivity contribution is -0.143. The summed E-state index contributed by atoms with van der Waals surface area (Å²) in [6.07, 6.45) is 0.148. The normalized spacial score (nSPS) is 17.7. The highest BCUT2D eigenvalue weighted by atomic mass is 35.5. The molecule has 3 rings (SSSR count). The summed E-state index contributed by atoms with van der Waals surface area (Å²) in [6.45, 7) is 4.43. The molecule has 0 radical (unpaired) electrons. The zero-order chi connectivity index (χ0) is 17.3. The van der Waals surface area contributed by atoms with Gasteiger partial charge in [0.1, 0.15) is 11.8 Å². The lowest BCUT2D eigenvalue weighted by Gasteiger charge is -2.35. The van der Waals surface area contributed by atoms with Gasteiger partial charge in [-0.3, -0.25) is 9.59 Å². The molecule has 2 amide bonds. The number of nitrogens with one attached hydrogen (secondary N) is 1. The predicted molar refractivity (Wildman–Crippen MR) is 88.6 cm³/mol. The SMILES string of the molecule is Cc1noc(C)c1CC(=O)N1CCNC(=O)C1c1ccccc1Cl. The van der Waals surface area contributed by atoms with Crippen molar-refractivity contribution in [2.75, 3.05) is 13.1 Å². The van der Waals surface area contributed by atoms with E-state index in [2.05, 4.69) is 10.5 Å². The number of benzene rings is 1. The van der Waals surface area contributed by atoms with Gasteiger partial charge in [-0.2, -0.15) is 0 Å². The second-order valence-electron chi connectivity index (χ2n) is 5.78. The van der Waals surface area contributed by atoms with Gasteiger partial charge in [-0.25, -0.2) is 0 Å². The summed E-state index contributed by atoms with van der Waals surface area (Å²) in [7, 11) is 0. The molecule has 1 unspecified atom stereocenters. The Labute approximate surface area is 144 Å². The quantitative estimate of drug-likeness (QED) is 0.923. The Bertz CT molecular complexity index is 768. The zero-order valence-corrected chi connectivity index (χ0v) is 14.3. The fourth-order valence-corrected chi connectivity index (χ4v) is 3.19. The highest BCUT2D eigenvalue weighted by Crippen LogP contribution is 2.30. The van der Waals surface area contributed by atoms with Crippen molar-refractivity contribution in [3.05, 3.63) is 51.9 Å². The Morgan fingerprint density at radius 2 is 2.17 bits per heavy atom. The highest BCUT2D eigenvalue weighted by molar-refractivity contribution is 6.31. The van der Waals surface area contributed by atoms with E-state index in [1.807, 2.05) is 0 Å². The average molecular weight is 348 g/mol. The summed E-state index contributed by atoms with van der Waals surface area (Å²) in [6, 6.07) is 6.37. The third-order valence-corrected chi connectivity index (χ3v) is 4.59. The van der Waals surface area contributed by atoms with Crippen LogP contribution in [0.15, 0.2) is 28.8 Å². The molecular weight excluding hydrogens is 330 g/mol. The number of carbonyl (C=O) groups excluding carboxylic acids is 2. The number of carbonyl (C=O) groups is 2. The van der Waals surface area contributed by atoms with Gasteiger partial charge in [0, 0.05) is 29.2 Å². The molecule has 1 atom stereocenters. The van der Waals surface area contributed by atoms with Gasteiger partial charge in [-0.15, -0.1) is 0 Å². The van der Waals surface area contributed by atoms with Gasteiger partial charge in [0.25, 0.3) is 0 Å². The lowest BCUT2D eigenvalue weighted by Crippen LogP contribution is -2.52. The first-order valence-electron chi connectivity index (χ1n) is 7.72. The van der Waals surface area contributed by atoms with E-state index in [-0.39, 0.29) is 18.2 Å². The van der Waals surface area contributed by atoms with Crippen molar-refractivity contribution in [1.29, 1.82) is 0 Å². The van der Waals surface area contributed by atoms with E-state index in [9.17, 15) is 9.59 Å². The topological polar surface area (TPSA) is 75.4 Å². The molecule has 0 aliphatic carbocycles. The van der Waals surface area contributed by atoms with Crippen molar-refractivity contribution in [3.63, 3.8) is 0 Å². The Morgan fingerprint density at radius 3 is 2.83 bits per heavy atom. The van der Waals surface area contributed by atoms with Crippen LogP contribution in [0, 0.1) is 13.8 Å². The fourth-order valence-electron chi connectivity index (χ4n) is 2.95. The zero-order valence-electron chi connectivity index (χ0n) is 13.5.